The first-order valence-electron chi connectivity index (χ1n) is 13.8. The third-order valence-corrected chi connectivity index (χ3v) is 7.39. The molecule has 0 saturated carbocycles. The summed E-state index contributed by atoms with van der Waals surface area (Å²) in [4.78, 5) is 38.4. The van der Waals surface area contributed by atoms with Crippen molar-refractivity contribution in [3.8, 4) is 0 Å². The predicted octanol–water partition coefficient (Wildman–Crippen LogP) is 6.99. The number of nitrogens with zero attached hydrogens (tertiary/aromatic N) is 1. The maximum absolute atomic E-state index is 13.9. The van der Waals surface area contributed by atoms with Crippen LogP contribution in [0.5, 0.6) is 0 Å². The molecule has 1 atom stereocenters. The standard InChI is InChI=1S/C35H27N3O5/c39-34(36-26-17-20-29-28-13-7-8-14-31(28)43-32(29)22-26)30(21-23-15-18-27(19-16-23)38(41)42)37-35(40)33(24-9-3-1-4-10-24)25-11-5-2-6-12-25/h1-20,22,30,33H,21H2,(H,36,39)(H,37,40)/t30-/m0/s1. The SMILES string of the molecule is O=C(N[C@@H](Cc1ccc([N+](=O)[O-])cc1)C(=O)Nc1ccc2c(c1)oc1ccccc12)C(c1ccccc1)c1ccccc1. The zero-order valence-corrected chi connectivity index (χ0v) is 23.0. The summed E-state index contributed by atoms with van der Waals surface area (Å²) < 4.78 is 5.98. The van der Waals surface area contributed by atoms with Crippen LogP contribution in [0, 0.1) is 10.1 Å². The van der Waals surface area contributed by atoms with Gasteiger partial charge >= 0.3 is 0 Å². The minimum Gasteiger partial charge on any atom is -0.456 e. The van der Waals surface area contributed by atoms with Crippen LogP contribution >= 0.6 is 0 Å². The van der Waals surface area contributed by atoms with Gasteiger partial charge in [0.25, 0.3) is 5.69 Å². The van der Waals surface area contributed by atoms with Crippen molar-refractivity contribution in [2.75, 3.05) is 5.32 Å². The molecule has 43 heavy (non-hydrogen) atoms. The Morgan fingerprint density at radius 3 is 1.95 bits per heavy atom. The lowest BCUT2D eigenvalue weighted by Gasteiger charge is -2.23. The van der Waals surface area contributed by atoms with E-state index in [1.165, 1.54) is 12.1 Å². The minimum atomic E-state index is -0.977. The fourth-order valence-electron chi connectivity index (χ4n) is 5.27. The molecule has 0 radical (unpaired) electrons. The number of hydrogen-bond donors (Lipinski definition) is 2. The normalized spacial score (nSPS) is 11.8. The van der Waals surface area contributed by atoms with Gasteiger partial charge in [0.05, 0.1) is 10.8 Å². The van der Waals surface area contributed by atoms with Crippen LogP contribution in [0.15, 0.2) is 132 Å². The van der Waals surface area contributed by atoms with E-state index >= 15 is 0 Å². The third-order valence-electron chi connectivity index (χ3n) is 7.39. The number of carbonyl (C=O) groups excluding carboxylic acids is 2. The molecule has 8 heteroatoms. The Morgan fingerprint density at radius 2 is 1.30 bits per heavy atom. The van der Waals surface area contributed by atoms with Gasteiger partial charge in [0.15, 0.2) is 0 Å². The maximum Gasteiger partial charge on any atom is 0.269 e. The Kier molecular flexibility index (Phi) is 7.65. The number of hydrogen-bond acceptors (Lipinski definition) is 5. The molecule has 1 aromatic heterocycles. The second-order valence-corrected chi connectivity index (χ2v) is 10.2. The van der Waals surface area contributed by atoms with Gasteiger partial charge in [-0.2, -0.15) is 0 Å². The largest absolute Gasteiger partial charge is 0.456 e. The molecule has 0 aliphatic rings. The van der Waals surface area contributed by atoms with Crippen LogP contribution in [-0.4, -0.2) is 22.8 Å². The highest BCUT2D eigenvalue weighted by Crippen LogP contribution is 2.31. The molecule has 6 rings (SSSR count). The summed E-state index contributed by atoms with van der Waals surface area (Å²) in [6, 6.07) is 36.9. The number of non-ortho nitro benzene ring substituents is 1. The monoisotopic (exact) mass is 569 g/mol. The number of anilines is 1. The zero-order valence-electron chi connectivity index (χ0n) is 23.0. The fraction of sp³-hybridized carbons (Fsp3) is 0.0857. The molecule has 212 valence electrons. The summed E-state index contributed by atoms with van der Waals surface area (Å²) in [6.07, 6.45) is 0.124. The highest BCUT2D eigenvalue weighted by atomic mass is 16.6. The van der Waals surface area contributed by atoms with Gasteiger partial charge in [-0.25, -0.2) is 0 Å². The van der Waals surface area contributed by atoms with Crippen LogP contribution in [0.1, 0.15) is 22.6 Å². The average molecular weight is 570 g/mol. The van der Waals surface area contributed by atoms with E-state index in [0.29, 0.717) is 16.8 Å². The molecule has 8 nitrogen and oxygen atoms in total. The summed E-state index contributed by atoms with van der Waals surface area (Å²) in [5, 5.41) is 19.0. The molecule has 5 aromatic carbocycles. The summed E-state index contributed by atoms with van der Waals surface area (Å²) in [6.45, 7) is 0. The summed E-state index contributed by atoms with van der Waals surface area (Å²) in [5.74, 6) is -1.42. The number of benzene rings is 5. The first-order valence-corrected chi connectivity index (χ1v) is 13.8. The highest BCUT2D eigenvalue weighted by Gasteiger charge is 2.28. The van der Waals surface area contributed by atoms with Gasteiger partial charge in [0.2, 0.25) is 11.8 Å². The summed E-state index contributed by atoms with van der Waals surface area (Å²) >= 11 is 0. The van der Waals surface area contributed by atoms with E-state index in [1.54, 1.807) is 24.3 Å². The molecule has 2 N–H and O–H groups in total. The number of amides is 2. The van der Waals surface area contributed by atoms with E-state index in [2.05, 4.69) is 10.6 Å². The molecular weight excluding hydrogens is 542 g/mol. The summed E-state index contributed by atoms with van der Waals surface area (Å²) in [5.41, 5.74) is 4.07. The van der Waals surface area contributed by atoms with Crippen LogP contribution in [0.2, 0.25) is 0 Å². The number of nitro benzene ring substituents is 1. The van der Waals surface area contributed by atoms with Gasteiger partial charge < -0.3 is 15.1 Å². The molecule has 0 aliphatic heterocycles. The van der Waals surface area contributed by atoms with Gasteiger partial charge in [-0.05, 0) is 34.9 Å². The van der Waals surface area contributed by atoms with Gasteiger partial charge in [-0.15, -0.1) is 0 Å². The number of nitrogens with one attached hydrogen (secondary N) is 2. The van der Waals surface area contributed by atoms with Crippen molar-refractivity contribution in [2.24, 2.45) is 0 Å². The van der Waals surface area contributed by atoms with E-state index < -0.39 is 22.8 Å². The van der Waals surface area contributed by atoms with E-state index in [4.69, 9.17) is 4.42 Å². The third kappa shape index (κ3) is 5.99. The maximum atomic E-state index is 13.9. The van der Waals surface area contributed by atoms with Crippen LogP contribution in [0.25, 0.3) is 21.9 Å². The second-order valence-electron chi connectivity index (χ2n) is 10.2. The van der Waals surface area contributed by atoms with Gasteiger partial charge in [0.1, 0.15) is 17.2 Å². The van der Waals surface area contributed by atoms with Crippen molar-refractivity contribution in [3.05, 3.63) is 154 Å². The molecule has 6 aromatic rings. The number of furan rings is 1. The van der Waals surface area contributed by atoms with Gasteiger partial charge in [0, 0.05) is 41.1 Å². The Hall–Kier alpha value is -5.76. The van der Waals surface area contributed by atoms with Crippen molar-refractivity contribution in [2.45, 2.75) is 18.4 Å². The smallest absolute Gasteiger partial charge is 0.269 e. The number of carbonyl (C=O) groups is 2. The quantitative estimate of drug-likeness (QED) is 0.144. The zero-order chi connectivity index (χ0) is 29.8. The topological polar surface area (TPSA) is 114 Å². The van der Waals surface area contributed by atoms with Gasteiger partial charge in [-0.1, -0.05) is 91.0 Å². The number of nitro groups is 1. The first kappa shape index (κ1) is 27.4. The highest BCUT2D eigenvalue weighted by molar-refractivity contribution is 6.07. The van der Waals surface area contributed by atoms with Crippen molar-refractivity contribution in [1.82, 2.24) is 5.32 Å². The molecule has 0 spiro atoms. The lowest BCUT2D eigenvalue weighted by atomic mass is 9.90. The molecule has 0 fully saturated rings. The van der Waals surface area contributed by atoms with Crippen molar-refractivity contribution in [3.63, 3.8) is 0 Å². The predicted molar refractivity (Wildman–Crippen MR) is 166 cm³/mol. The molecule has 0 aliphatic carbocycles. The Bertz CT molecular complexity index is 1880. The Morgan fingerprint density at radius 1 is 0.698 bits per heavy atom. The first-order chi connectivity index (χ1) is 21.0. The van der Waals surface area contributed by atoms with Crippen molar-refractivity contribution < 1.29 is 18.9 Å². The van der Waals surface area contributed by atoms with E-state index in [9.17, 15) is 19.7 Å². The van der Waals surface area contributed by atoms with Crippen molar-refractivity contribution in [1.29, 1.82) is 0 Å². The van der Waals surface area contributed by atoms with E-state index in [0.717, 1.165) is 27.5 Å². The average Bonchev–Trinajstić information content (AvgIpc) is 3.40. The lowest BCUT2D eigenvalue weighted by Crippen LogP contribution is -2.47. The number of para-hydroxylation sites is 1. The number of rotatable bonds is 9. The second kappa shape index (κ2) is 12.0. The molecule has 0 saturated heterocycles. The van der Waals surface area contributed by atoms with Crippen LogP contribution in [0.3, 0.4) is 0 Å². The van der Waals surface area contributed by atoms with Crippen LogP contribution < -0.4 is 10.6 Å². The molecule has 0 bridgehead atoms. The van der Waals surface area contributed by atoms with Crippen molar-refractivity contribution >= 4 is 45.1 Å². The van der Waals surface area contributed by atoms with E-state index in [-0.39, 0.29) is 18.0 Å². The Balaban J connectivity index is 1.30. The Labute approximate surface area is 247 Å². The van der Waals surface area contributed by atoms with Gasteiger partial charge in [-0.3, -0.25) is 19.7 Å². The van der Waals surface area contributed by atoms with Crippen LogP contribution in [-0.2, 0) is 16.0 Å². The fourth-order valence-corrected chi connectivity index (χ4v) is 5.27. The van der Waals surface area contributed by atoms with Crippen LogP contribution in [0.4, 0.5) is 11.4 Å². The molecule has 1 heterocycles. The summed E-state index contributed by atoms with van der Waals surface area (Å²) in [7, 11) is 0. The lowest BCUT2D eigenvalue weighted by molar-refractivity contribution is -0.384. The number of fused-ring (bicyclic) bond motifs is 3. The molecule has 2 amide bonds. The minimum absolute atomic E-state index is 0.0545. The molecular formula is C35H27N3O5. The molecule has 0 unspecified atom stereocenters. The van der Waals surface area contributed by atoms with E-state index in [1.807, 2.05) is 91.0 Å².